The topological polar surface area (TPSA) is 66.6 Å². The highest BCUT2D eigenvalue weighted by molar-refractivity contribution is 6.42. The van der Waals surface area contributed by atoms with E-state index in [1.54, 1.807) is 18.2 Å². The lowest BCUT2D eigenvalue weighted by atomic mass is 10.1. The molecular formula is C24H22Cl2N6O. The molecule has 2 aromatic heterocycles. The Hall–Kier alpha value is -2.90. The second-order valence-corrected chi connectivity index (χ2v) is 9.66. The molecule has 6 rings (SSSR count). The molecular weight excluding hydrogens is 459 g/mol. The van der Waals surface area contributed by atoms with Gasteiger partial charge in [0.15, 0.2) is 5.65 Å². The highest BCUT2D eigenvalue weighted by Gasteiger charge is 2.34. The first-order valence-electron chi connectivity index (χ1n) is 11.2. The van der Waals surface area contributed by atoms with Crippen LogP contribution in [0.5, 0.6) is 0 Å². The van der Waals surface area contributed by atoms with Crippen LogP contribution in [-0.2, 0) is 0 Å². The Kier molecular flexibility index (Phi) is 4.92. The molecule has 7 nitrogen and oxygen atoms in total. The lowest BCUT2D eigenvalue weighted by Gasteiger charge is -2.40. The fourth-order valence-electron chi connectivity index (χ4n) is 4.64. The Balaban J connectivity index is 1.34. The lowest BCUT2D eigenvalue weighted by molar-refractivity contribution is 0.0673. The number of hydrogen-bond acceptors (Lipinski definition) is 5. The number of carbonyl (C=O) groups is 1. The summed E-state index contributed by atoms with van der Waals surface area (Å²) >= 11 is 12.2. The number of fused-ring (bicyclic) bond motifs is 3. The molecule has 2 fully saturated rings. The third-order valence-corrected chi connectivity index (χ3v) is 7.27. The first kappa shape index (κ1) is 20.7. The van der Waals surface area contributed by atoms with Gasteiger partial charge < -0.3 is 9.80 Å². The van der Waals surface area contributed by atoms with E-state index in [-0.39, 0.29) is 11.9 Å². The number of aromatic nitrogens is 4. The van der Waals surface area contributed by atoms with Crippen molar-refractivity contribution in [1.82, 2.24) is 24.5 Å². The van der Waals surface area contributed by atoms with Gasteiger partial charge in [-0.15, -0.1) is 10.2 Å². The van der Waals surface area contributed by atoms with Crippen molar-refractivity contribution in [2.75, 3.05) is 24.5 Å². The van der Waals surface area contributed by atoms with Gasteiger partial charge in [0.2, 0.25) is 5.95 Å². The fraction of sp³-hybridized carbons (Fsp3) is 0.333. The molecule has 1 amide bonds. The second kappa shape index (κ2) is 7.85. The van der Waals surface area contributed by atoms with Crippen molar-refractivity contribution < 1.29 is 4.79 Å². The molecule has 0 N–H and O–H groups in total. The van der Waals surface area contributed by atoms with E-state index in [9.17, 15) is 4.79 Å². The average molecular weight is 481 g/mol. The van der Waals surface area contributed by atoms with Crippen LogP contribution in [0.2, 0.25) is 10.0 Å². The molecule has 1 saturated heterocycles. The van der Waals surface area contributed by atoms with E-state index < -0.39 is 0 Å². The third kappa shape index (κ3) is 3.50. The molecule has 1 saturated carbocycles. The highest BCUT2D eigenvalue weighted by Crippen LogP contribution is 2.40. The zero-order valence-electron chi connectivity index (χ0n) is 18.1. The predicted octanol–water partition coefficient (Wildman–Crippen LogP) is 4.81. The van der Waals surface area contributed by atoms with Gasteiger partial charge >= 0.3 is 0 Å². The van der Waals surface area contributed by atoms with Crippen molar-refractivity contribution in [3.63, 3.8) is 0 Å². The van der Waals surface area contributed by atoms with E-state index >= 15 is 0 Å². The number of para-hydroxylation sites is 1. The number of benzene rings is 2. The number of piperazine rings is 1. The van der Waals surface area contributed by atoms with E-state index in [1.807, 2.05) is 29.2 Å². The number of rotatable bonds is 3. The van der Waals surface area contributed by atoms with E-state index in [0.717, 1.165) is 41.2 Å². The van der Waals surface area contributed by atoms with Gasteiger partial charge in [-0.1, -0.05) is 35.3 Å². The van der Waals surface area contributed by atoms with Crippen molar-refractivity contribution in [2.24, 2.45) is 0 Å². The van der Waals surface area contributed by atoms with Crippen LogP contribution < -0.4 is 4.90 Å². The molecule has 2 aromatic carbocycles. The van der Waals surface area contributed by atoms with E-state index in [4.69, 9.17) is 28.2 Å². The summed E-state index contributed by atoms with van der Waals surface area (Å²) in [5, 5.41) is 10.9. The van der Waals surface area contributed by atoms with E-state index in [1.165, 1.54) is 0 Å². The summed E-state index contributed by atoms with van der Waals surface area (Å²) in [6, 6.07) is 13.1. The molecule has 0 unspecified atom stereocenters. The largest absolute Gasteiger partial charge is 0.338 e. The summed E-state index contributed by atoms with van der Waals surface area (Å²) in [6.07, 6.45) is 2.27. The Labute approximate surface area is 200 Å². The number of amides is 1. The molecule has 0 spiro atoms. The first-order valence-corrected chi connectivity index (χ1v) is 11.9. The van der Waals surface area contributed by atoms with Gasteiger partial charge in [-0.05, 0) is 50.1 Å². The number of hydrogen-bond donors (Lipinski definition) is 0. The van der Waals surface area contributed by atoms with Gasteiger partial charge in [0.1, 0.15) is 5.82 Å². The molecule has 1 aliphatic carbocycles. The maximum absolute atomic E-state index is 13.2. The van der Waals surface area contributed by atoms with Gasteiger partial charge in [-0.3, -0.25) is 4.79 Å². The summed E-state index contributed by atoms with van der Waals surface area (Å²) in [5.41, 5.74) is 2.29. The summed E-state index contributed by atoms with van der Waals surface area (Å²) in [5.74, 6) is 2.24. The predicted molar refractivity (Wildman–Crippen MR) is 129 cm³/mol. The molecule has 168 valence electrons. The zero-order chi connectivity index (χ0) is 22.7. The standard InChI is InChI=1S/C24H22Cl2N6O/c1-14-13-30(10-11-31(14)23(33)16-8-9-18(25)19(26)12-16)24-27-20-5-3-2-4-17(20)22-29-28-21(32(22)24)15-6-7-15/h2-5,8-9,12,14-15H,6-7,10-11,13H2,1H3/t14-/m1/s1. The summed E-state index contributed by atoms with van der Waals surface area (Å²) in [7, 11) is 0. The minimum atomic E-state index is -0.0414. The van der Waals surface area contributed by atoms with Crippen LogP contribution in [0.25, 0.3) is 16.6 Å². The molecule has 1 atom stereocenters. The van der Waals surface area contributed by atoms with Gasteiger partial charge in [0.05, 0.1) is 15.6 Å². The molecule has 9 heteroatoms. The summed E-state index contributed by atoms with van der Waals surface area (Å²) in [4.78, 5) is 22.3. The van der Waals surface area contributed by atoms with Crippen LogP contribution in [0.3, 0.4) is 0 Å². The van der Waals surface area contributed by atoms with Crippen molar-refractivity contribution in [1.29, 1.82) is 0 Å². The monoisotopic (exact) mass is 480 g/mol. The van der Waals surface area contributed by atoms with Crippen molar-refractivity contribution in [3.8, 4) is 0 Å². The van der Waals surface area contributed by atoms with Gasteiger partial charge in [-0.25, -0.2) is 9.38 Å². The van der Waals surface area contributed by atoms with Crippen LogP contribution in [0.1, 0.15) is 41.9 Å². The Morgan fingerprint density at radius 2 is 1.85 bits per heavy atom. The van der Waals surface area contributed by atoms with E-state index in [2.05, 4.69) is 26.4 Å². The van der Waals surface area contributed by atoms with Crippen LogP contribution in [0.15, 0.2) is 42.5 Å². The Morgan fingerprint density at radius 3 is 2.61 bits per heavy atom. The molecule has 4 aromatic rings. The SMILES string of the molecule is C[C@@H]1CN(c2nc3ccccc3c3nnc(C4CC4)n23)CCN1C(=O)c1ccc(Cl)c(Cl)c1. The number of anilines is 1. The molecule has 2 aliphatic rings. The van der Waals surface area contributed by atoms with Crippen molar-refractivity contribution >= 4 is 51.6 Å². The van der Waals surface area contributed by atoms with Crippen molar-refractivity contribution in [3.05, 3.63) is 63.9 Å². The minimum absolute atomic E-state index is 0.00937. The fourth-order valence-corrected chi connectivity index (χ4v) is 4.94. The minimum Gasteiger partial charge on any atom is -0.338 e. The Bertz CT molecular complexity index is 1400. The van der Waals surface area contributed by atoms with Crippen LogP contribution >= 0.6 is 23.2 Å². The molecule has 0 bridgehead atoms. The van der Waals surface area contributed by atoms with Crippen LogP contribution in [0, 0.1) is 0 Å². The normalized spacial score (nSPS) is 18.9. The Morgan fingerprint density at radius 1 is 1.03 bits per heavy atom. The third-order valence-electron chi connectivity index (χ3n) is 6.53. The first-order chi connectivity index (χ1) is 16.0. The molecule has 0 radical (unpaired) electrons. The van der Waals surface area contributed by atoms with Crippen LogP contribution in [-0.4, -0.2) is 56.1 Å². The summed E-state index contributed by atoms with van der Waals surface area (Å²) < 4.78 is 2.13. The molecule has 3 heterocycles. The van der Waals surface area contributed by atoms with Gasteiger partial charge in [0, 0.05) is 42.5 Å². The van der Waals surface area contributed by atoms with Crippen molar-refractivity contribution in [2.45, 2.75) is 31.7 Å². The number of nitrogens with zero attached hydrogens (tertiary/aromatic N) is 6. The maximum Gasteiger partial charge on any atom is 0.254 e. The smallest absolute Gasteiger partial charge is 0.254 e. The number of carbonyl (C=O) groups excluding carboxylic acids is 1. The highest BCUT2D eigenvalue weighted by atomic mass is 35.5. The molecule has 1 aliphatic heterocycles. The molecule has 33 heavy (non-hydrogen) atoms. The maximum atomic E-state index is 13.2. The van der Waals surface area contributed by atoms with E-state index in [0.29, 0.717) is 41.2 Å². The van der Waals surface area contributed by atoms with Gasteiger partial charge in [-0.2, -0.15) is 0 Å². The van der Waals surface area contributed by atoms with Crippen LogP contribution in [0.4, 0.5) is 5.95 Å². The average Bonchev–Trinajstić information content (AvgIpc) is 3.57. The summed E-state index contributed by atoms with van der Waals surface area (Å²) in [6.45, 7) is 3.97. The zero-order valence-corrected chi connectivity index (χ0v) is 19.6. The second-order valence-electron chi connectivity index (χ2n) is 8.84. The quantitative estimate of drug-likeness (QED) is 0.420. The number of halogens is 2. The lowest BCUT2D eigenvalue weighted by Crippen LogP contribution is -2.54. The van der Waals surface area contributed by atoms with Gasteiger partial charge in [0.25, 0.3) is 5.91 Å².